The van der Waals surface area contributed by atoms with E-state index in [-0.39, 0.29) is 17.9 Å². The van der Waals surface area contributed by atoms with E-state index in [4.69, 9.17) is 9.47 Å². The van der Waals surface area contributed by atoms with Crippen molar-refractivity contribution in [2.75, 3.05) is 6.61 Å². The number of nitro benzene ring substituents is 1. The number of benzene rings is 2. The minimum atomic E-state index is -0.834. The van der Waals surface area contributed by atoms with Gasteiger partial charge in [-0.25, -0.2) is 9.79 Å². The Labute approximate surface area is 208 Å². The number of esters is 2. The molecule has 0 spiro atoms. The first-order chi connectivity index (χ1) is 17.2. The monoisotopic (exact) mass is 507 g/mol. The molecule has 11 heteroatoms. The van der Waals surface area contributed by atoms with Crippen molar-refractivity contribution in [3.05, 3.63) is 101 Å². The molecule has 0 fully saturated rings. The maximum absolute atomic E-state index is 13.6. The molecule has 0 N–H and O–H groups in total. The minimum Gasteiger partial charge on any atom is -0.463 e. The molecule has 10 nitrogen and oxygen atoms in total. The number of non-ortho nitro benzene ring substituents is 1. The van der Waals surface area contributed by atoms with Crippen molar-refractivity contribution >= 4 is 35.0 Å². The van der Waals surface area contributed by atoms with Gasteiger partial charge in [0.1, 0.15) is 5.75 Å². The molecule has 0 bridgehead atoms. The first-order valence-electron chi connectivity index (χ1n) is 10.9. The van der Waals surface area contributed by atoms with Gasteiger partial charge in [-0.05, 0) is 43.2 Å². The van der Waals surface area contributed by atoms with Crippen molar-refractivity contribution in [3.63, 3.8) is 0 Å². The van der Waals surface area contributed by atoms with Crippen LogP contribution in [0, 0.1) is 10.1 Å². The van der Waals surface area contributed by atoms with E-state index in [2.05, 4.69) is 4.99 Å². The topological polar surface area (TPSA) is 130 Å². The lowest BCUT2D eigenvalue weighted by atomic mass is 9.96. The van der Waals surface area contributed by atoms with Gasteiger partial charge < -0.3 is 9.47 Å². The summed E-state index contributed by atoms with van der Waals surface area (Å²) in [6, 6.07) is 11.6. The van der Waals surface area contributed by atoms with Gasteiger partial charge in [-0.1, -0.05) is 35.6 Å². The third-order valence-corrected chi connectivity index (χ3v) is 6.34. The van der Waals surface area contributed by atoms with E-state index in [9.17, 15) is 24.5 Å². The van der Waals surface area contributed by atoms with Crippen LogP contribution in [0.4, 0.5) is 5.69 Å². The van der Waals surface area contributed by atoms with Crippen LogP contribution in [-0.4, -0.2) is 28.0 Å². The largest absolute Gasteiger partial charge is 0.463 e. The van der Waals surface area contributed by atoms with Crippen molar-refractivity contribution in [1.82, 2.24) is 4.57 Å². The second kappa shape index (κ2) is 10.1. The highest BCUT2D eigenvalue weighted by Gasteiger charge is 2.33. The molecular weight excluding hydrogens is 486 g/mol. The van der Waals surface area contributed by atoms with Crippen molar-refractivity contribution < 1.29 is 24.0 Å². The van der Waals surface area contributed by atoms with Crippen LogP contribution in [-0.2, 0) is 14.3 Å². The van der Waals surface area contributed by atoms with Crippen LogP contribution in [0.15, 0.2) is 69.6 Å². The Balaban J connectivity index is 1.90. The molecule has 3 aromatic rings. The van der Waals surface area contributed by atoms with E-state index >= 15 is 0 Å². The number of hydrogen-bond donors (Lipinski definition) is 0. The highest BCUT2D eigenvalue weighted by atomic mass is 32.1. The molecular formula is C25H21N3O7S. The molecule has 2 aromatic carbocycles. The molecule has 1 aromatic heterocycles. The predicted octanol–water partition coefficient (Wildman–Crippen LogP) is 2.63. The maximum Gasteiger partial charge on any atom is 0.338 e. The third-order valence-electron chi connectivity index (χ3n) is 5.35. The summed E-state index contributed by atoms with van der Waals surface area (Å²) in [5.41, 5.74) is 1.19. The summed E-state index contributed by atoms with van der Waals surface area (Å²) in [6.45, 7) is 4.79. The van der Waals surface area contributed by atoms with Crippen LogP contribution in [0.1, 0.15) is 37.9 Å². The number of allylic oxidation sites excluding steroid dienone is 1. The van der Waals surface area contributed by atoms with Crippen LogP contribution in [0.2, 0.25) is 0 Å². The lowest BCUT2D eigenvalue weighted by molar-refractivity contribution is -0.384. The molecule has 0 radical (unpaired) electrons. The van der Waals surface area contributed by atoms with Crippen LogP contribution in [0.5, 0.6) is 5.75 Å². The Morgan fingerprint density at radius 1 is 1.22 bits per heavy atom. The summed E-state index contributed by atoms with van der Waals surface area (Å²) < 4.78 is 12.1. The van der Waals surface area contributed by atoms with E-state index < -0.39 is 28.5 Å². The molecule has 184 valence electrons. The minimum absolute atomic E-state index is 0.0947. The summed E-state index contributed by atoms with van der Waals surface area (Å²) in [7, 11) is 0. The summed E-state index contributed by atoms with van der Waals surface area (Å²) in [5.74, 6) is -0.747. The quantitative estimate of drug-likeness (QED) is 0.217. The van der Waals surface area contributed by atoms with E-state index in [0.717, 1.165) is 11.3 Å². The standard InChI is InChI=1S/C25H21N3O7S/c1-4-34-24(31)21-14(2)26-25-27(22(21)17-8-10-19(11-9-17)35-15(3)29)23(30)20(36-25)13-16-6-5-7-18(12-16)28(32)33/h5-13,22H,4H2,1-3H3/b20-13-/t22-/m0/s1. The molecule has 1 atom stereocenters. The van der Waals surface area contributed by atoms with Gasteiger partial charge in [0.15, 0.2) is 4.80 Å². The van der Waals surface area contributed by atoms with E-state index in [1.807, 2.05) is 0 Å². The van der Waals surface area contributed by atoms with Crippen LogP contribution in [0.25, 0.3) is 6.08 Å². The van der Waals surface area contributed by atoms with Crippen molar-refractivity contribution in [2.24, 2.45) is 4.99 Å². The first-order valence-corrected chi connectivity index (χ1v) is 11.7. The first kappa shape index (κ1) is 24.7. The Morgan fingerprint density at radius 3 is 2.58 bits per heavy atom. The average molecular weight is 508 g/mol. The normalized spacial score (nSPS) is 15.2. The molecule has 0 aliphatic carbocycles. The number of nitro groups is 1. The van der Waals surface area contributed by atoms with Gasteiger partial charge in [0.25, 0.3) is 11.2 Å². The van der Waals surface area contributed by atoms with Crippen LogP contribution < -0.4 is 19.6 Å². The maximum atomic E-state index is 13.6. The number of nitrogens with zero attached hydrogens (tertiary/aromatic N) is 3. The second-order valence-electron chi connectivity index (χ2n) is 7.82. The van der Waals surface area contributed by atoms with E-state index in [1.54, 1.807) is 50.3 Å². The fourth-order valence-electron chi connectivity index (χ4n) is 3.87. The van der Waals surface area contributed by atoms with Crippen LogP contribution in [0.3, 0.4) is 0 Å². The number of hydrogen-bond acceptors (Lipinski definition) is 9. The van der Waals surface area contributed by atoms with Crippen molar-refractivity contribution in [3.8, 4) is 5.75 Å². The fourth-order valence-corrected chi connectivity index (χ4v) is 4.92. The number of aromatic nitrogens is 1. The number of rotatable bonds is 6. The van der Waals surface area contributed by atoms with Crippen molar-refractivity contribution in [1.29, 1.82) is 0 Å². The Bertz CT molecular complexity index is 1580. The summed E-state index contributed by atoms with van der Waals surface area (Å²) in [6.07, 6.45) is 1.56. The second-order valence-corrected chi connectivity index (χ2v) is 8.83. The van der Waals surface area contributed by atoms with Gasteiger partial charge in [-0.3, -0.25) is 24.3 Å². The van der Waals surface area contributed by atoms with Gasteiger partial charge in [0.05, 0.1) is 33.4 Å². The average Bonchev–Trinajstić information content (AvgIpc) is 3.13. The summed E-state index contributed by atoms with van der Waals surface area (Å²) >= 11 is 1.11. The Kier molecular flexibility index (Phi) is 6.93. The van der Waals surface area contributed by atoms with E-state index in [1.165, 1.54) is 29.7 Å². The SMILES string of the molecule is CCOC(=O)C1=C(C)N=c2s/c(=C\c3cccc([N+](=O)[O-])c3)c(=O)n2[C@H]1c1ccc(OC(C)=O)cc1. The molecule has 4 rings (SSSR count). The van der Waals surface area contributed by atoms with Crippen molar-refractivity contribution in [2.45, 2.75) is 26.8 Å². The summed E-state index contributed by atoms with van der Waals surface area (Å²) in [4.78, 5) is 53.3. The zero-order valence-electron chi connectivity index (χ0n) is 19.6. The highest BCUT2D eigenvalue weighted by Crippen LogP contribution is 2.31. The van der Waals surface area contributed by atoms with Gasteiger partial charge in [0, 0.05) is 19.1 Å². The van der Waals surface area contributed by atoms with Gasteiger partial charge in [-0.2, -0.15) is 0 Å². The van der Waals surface area contributed by atoms with Crippen LogP contribution >= 0.6 is 11.3 Å². The lowest BCUT2D eigenvalue weighted by Gasteiger charge is -2.24. The third kappa shape index (κ3) is 4.86. The molecule has 0 unspecified atom stereocenters. The Morgan fingerprint density at radius 2 is 1.94 bits per heavy atom. The molecule has 0 saturated heterocycles. The predicted molar refractivity (Wildman–Crippen MR) is 131 cm³/mol. The molecule has 1 aliphatic heterocycles. The molecule has 2 heterocycles. The molecule has 1 aliphatic rings. The lowest BCUT2D eigenvalue weighted by Crippen LogP contribution is -2.39. The zero-order chi connectivity index (χ0) is 26.0. The number of ether oxygens (including phenoxy) is 2. The summed E-state index contributed by atoms with van der Waals surface area (Å²) in [5, 5.41) is 11.1. The fraction of sp³-hybridized carbons (Fsp3) is 0.200. The van der Waals surface area contributed by atoms with E-state index in [0.29, 0.717) is 31.9 Å². The number of fused-ring (bicyclic) bond motifs is 1. The zero-order valence-corrected chi connectivity index (χ0v) is 20.4. The smallest absolute Gasteiger partial charge is 0.338 e. The molecule has 36 heavy (non-hydrogen) atoms. The van der Waals surface area contributed by atoms with Gasteiger partial charge in [-0.15, -0.1) is 0 Å². The van der Waals surface area contributed by atoms with Gasteiger partial charge >= 0.3 is 11.9 Å². The number of carbonyl (C=O) groups is 2. The molecule has 0 saturated carbocycles. The number of carbonyl (C=O) groups excluding carboxylic acids is 2. The Hall–Kier alpha value is -4.38. The highest BCUT2D eigenvalue weighted by molar-refractivity contribution is 7.07. The van der Waals surface area contributed by atoms with Gasteiger partial charge in [0.2, 0.25) is 0 Å². The number of thiazole rings is 1. The molecule has 0 amide bonds.